The molecule has 0 bridgehead atoms. The average Bonchev–Trinajstić information content (AvgIpc) is 2.47. The van der Waals surface area contributed by atoms with Crippen molar-refractivity contribution < 1.29 is 4.84 Å². The Bertz CT molecular complexity index is 259. The van der Waals surface area contributed by atoms with Crippen LogP contribution in [0.1, 0.15) is 5.56 Å². The highest BCUT2D eigenvalue weighted by molar-refractivity contribution is 5.55. The Morgan fingerprint density at radius 3 is 3.00 bits per heavy atom. The molecule has 0 aliphatic carbocycles. The van der Waals surface area contributed by atoms with Gasteiger partial charge in [-0.2, -0.15) is 0 Å². The molecular formula is C9H11NO. The first kappa shape index (κ1) is 6.68. The maximum absolute atomic E-state index is 5.17. The second-order valence-electron chi connectivity index (χ2n) is 2.66. The number of para-hydroxylation sites is 1. The van der Waals surface area contributed by atoms with Crippen molar-refractivity contribution in [1.82, 2.24) is 0 Å². The third kappa shape index (κ3) is 0.994. The van der Waals surface area contributed by atoms with Crippen molar-refractivity contribution in [2.24, 2.45) is 0 Å². The van der Waals surface area contributed by atoms with Gasteiger partial charge in [0.15, 0.2) is 0 Å². The first-order valence-electron chi connectivity index (χ1n) is 3.81. The Balaban J connectivity index is 2.39. The molecule has 0 unspecified atom stereocenters. The van der Waals surface area contributed by atoms with E-state index in [0.717, 1.165) is 13.0 Å². The van der Waals surface area contributed by atoms with Crippen molar-refractivity contribution in [1.29, 1.82) is 0 Å². The van der Waals surface area contributed by atoms with E-state index in [9.17, 15) is 0 Å². The van der Waals surface area contributed by atoms with Crippen molar-refractivity contribution in [3.05, 3.63) is 29.8 Å². The number of hydrogen-bond donors (Lipinski definition) is 0. The van der Waals surface area contributed by atoms with Gasteiger partial charge in [-0.15, -0.1) is 0 Å². The topological polar surface area (TPSA) is 12.5 Å². The third-order valence-electron chi connectivity index (χ3n) is 2.06. The van der Waals surface area contributed by atoms with Gasteiger partial charge in [-0.1, -0.05) is 18.2 Å². The van der Waals surface area contributed by atoms with Crippen molar-refractivity contribution in [2.75, 3.05) is 18.7 Å². The summed E-state index contributed by atoms with van der Waals surface area (Å²) >= 11 is 0. The Hall–Kier alpha value is -1.02. The fraction of sp³-hybridized carbons (Fsp3) is 0.333. The second kappa shape index (κ2) is 2.55. The highest BCUT2D eigenvalue weighted by atomic mass is 16.7. The van der Waals surface area contributed by atoms with E-state index in [1.54, 1.807) is 7.11 Å². The van der Waals surface area contributed by atoms with Gasteiger partial charge in [0.2, 0.25) is 0 Å². The molecule has 0 amide bonds. The maximum atomic E-state index is 5.17. The van der Waals surface area contributed by atoms with Gasteiger partial charge in [0.1, 0.15) is 0 Å². The predicted molar refractivity (Wildman–Crippen MR) is 44.5 cm³/mol. The highest BCUT2D eigenvalue weighted by Gasteiger charge is 2.16. The van der Waals surface area contributed by atoms with Gasteiger partial charge >= 0.3 is 0 Å². The van der Waals surface area contributed by atoms with Gasteiger partial charge in [0.05, 0.1) is 12.8 Å². The van der Waals surface area contributed by atoms with E-state index in [1.807, 2.05) is 11.1 Å². The number of fused-ring (bicyclic) bond motifs is 1. The summed E-state index contributed by atoms with van der Waals surface area (Å²) in [6.07, 6.45) is 1.10. The fourth-order valence-electron chi connectivity index (χ4n) is 1.50. The van der Waals surface area contributed by atoms with Crippen LogP contribution in [0.15, 0.2) is 24.3 Å². The monoisotopic (exact) mass is 149 g/mol. The fourth-order valence-corrected chi connectivity index (χ4v) is 1.50. The lowest BCUT2D eigenvalue weighted by Gasteiger charge is -2.14. The molecule has 1 aliphatic heterocycles. The zero-order valence-electron chi connectivity index (χ0n) is 6.58. The molecule has 0 fully saturated rings. The Morgan fingerprint density at radius 1 is 1.36 bits per heavy atom. The van der Waals surface area contributed by atoms with E-state index in [2.05, 4.69) is 18.2 Å². The SMILES string of the molecule is CON1CCc2ccccc21. The first-order valence-corrected chi connectivity index (χ1v) is 3.81. The van der Waals surface area contributed by atoms with Gasteiger partial charge in [-0.25, -0.2) is 0 Å². The summed E-state index contributed by atoms with van der Waals surface area (Å²) in [5.41, 5.74) is 2.60. The van der Waals surface area contributed by atoms with E-state index < -0.39 is 0 Å². The molecule has 2 rings (SSSR count). The molecule has 0 saturated heterocycles. The molecule has 1 aromatic carbocycles. The van der Waals surface area contributed by atoms with Gasteiger partial charge in [0.25, 0.3) is 0 Å². The minimum atomic E-state index is 0.982. The number of hydrogen-bond acceptors (Lipinski definition) is 2. The summed E-state index contributed by atoms with van der Waals surface area (Å²) in [5.74, 6) is 0. The van der Waals surface area contributed by atoms with Crippen molar-refractivity contribution in [2.45, 2.75) is 6.42 Å². The van der Waals surface area contributed by atoms with Crippen LogP contribution in [0.4, 0.5) is 5.69 Å². The largest absolute Gasteiger partial charge is 0.277 e. The minimum absolute atomic E-state index is 0.982. The summed E-state index contributed by atoms with van der Waals surface area (Å²) in [4.78, 5) is 5.17. The quantitative estimate of drug-likeness (QED) is 0.601. The molecule has 2 nitrogen and oxygen atoms in total. The Morgan fingerprint density at radius 2 is 2.18 bits per heavy atom. The molecule has 0 saturated carbocycles. The highest BCUT2D eigenvalue weighted by Crippen LogP contribution is 2.26. The molecule has 0 spiro atoms. The van der Waals surface area contributed by atoms with E-state index in [4.69, 9.17) is 4.84 Å². The van der Waals surface area contributed by atoms with Crippen LogP contribution in [-0.2, 0) is 11.3 Å². The number of rotatable bonds is 1. The molecule has 2 heteroatoms. The van der Waals surface area contributed by atoms with Crippen LogP contribution < -0.4 is 5.06 Å². The standard InChI is InChI=1S/C9H11NO/c1-11-10-7-6-8-4-2-3-5-9(8)10/h2-5H,6-7H2,1H3. The number of hydroxylamine groups is 1. The molecule has 11 heavy (non-hydrogen) atoms. The summed E-state index contributed by atoms with van der Waals surface area (Å²) in [6, 6.07) is 8.34. The van der Waals surface area contributed by atoms with Crippen LogP contribution in [-0.4, -0.2) is 13.7 Å². The van der Waals surface area contributed by atoms with Gasteiger partial charge in [-0.05, 0) is 18.1 Å². The molecule has 58 valence electrons. The second-order valence-corrected chi connectivity index (χ2v) is 2.66. The number of anilines is 1. The average molecular weight is 149 g/mol. The van der Waals surface area contributed by atoms with Crippen LogP contribution >= 0.6 is 0 Å². The van der Waals surface area contributed by atoms with E-state index in [1.165, 1.54) is 11.3 Å². The molecule has 1 heterocycles. The predicted octanol–water partition coefficient (Wildman–Crippen LogP) is 1.61. The molecule has 0 N–H and O–H groups in total. The van der Waals surface area contributed by atoms with Crippen molar-refractivity contribution in [3.8, 4) is 0 Å². The van der Waals surface area contributed by atoms with Crippen LogP contribution in [0.5, 0.6) is 0 Å². The van der Waals surface area contributed by atoms with Crippen LogP contribution in [0.2, 0.25) is 0 Å². The minimum Gasteiger partial charge on any atom is -0.277 e. The van der Waals surface area contributed by atoms with Crippen LogP contribution in [0, 0.1) is 0 Å². The zero-order valence-corrected chi connectivity index (χ0v) is 6.58. The van der Waals surface area contributed by atoms with E-state index in [0.29, 0.717) is 0 Å². The summed E-state index contributed by atoms with van der Waals surface area (Å²) in [5, 5.41) is 1.93. The Kier molecular flexibility index (Phi) is 1.55. The molecule has 0 radical (unpaired) electrons. The summed E-state index contributed by atoms with van der Waals surface area (Å²) in [6.45, 7) is 0.982. The Labute approximate surface area is 66.3 Å². The molecule has 1 aliphatic rings. The molecule has 0 atom stereocenters. The van der Waals surface area contributed by atoms with Gasteiger partial charge < -0.3 is 0 Å². The summed E-state index contributed by atoms with van der Waals surface area (Å²) < 4.78 is 0. The summed E-state index contributed by atoms with van der Waals surface area (Å²) in [7, 11) is 1.71. The van der Waals surface area contributed by atoms with E-state index >= 15 is 0 Å². The molecule has 1 aromatic rings. The normalized spacial score (nSPS) is 15.2. The zero-order chi connectivity index (χ0) is 7.68. The maximum Gasteiger partial charge on any atom is 0.0669 e. The number of benzene rings is 1. The lowest BCUT2D eigenvalue weighted by molar-refractivity contribution is 0.174. The van der Waals surface area contributed by atoms with Crippen molar-refractivity contribution in [3.63, 3.8) is 0 Å². The lowest BCUT2D eigenvalue weighted by Crippen LogP contribution is -2.17. The van der Waals surface area contributed by atoms with Gasteiger partial charge in [-0.3, -0.25) is 9.90 Å². The number of nitrogens with zero attached hydrogens (tertiary/aromatic N) is 1. The van der Waals surface area contributed by atoms with Gasteiger partial charge in [0, 0.05) is 6.54 Å². The van der Waals surface area contributed by atoms with Crippen LogP contribution in [0.3, 0.4) is 0 Å². The lowest BCUT2D eigenvalue weighted by atomic mass is 10.2. The van der Waals surface area contributed by atoms with Crippen LogP contribution in [0.25, 0.3) is 0 Å². The third-order valence-corrected chi connectivity index (χ3v) is 2.06. The smallest absolute Gasteiger partial charge is 0.0669 e. The van der Waals surface area contributed by atoms with Crippen molar-refractivity contribution >= 4 is 5.69 Å². The first-order chi connectivity index (χ1) is 5.42. The molecular weight excluding hydrogens is 138 g/mol. The van der Waals surface area contributed by atoms with E-state index in [-0.39, 0.29) is 0 Å². The molecule has 0 aromatic heterocycles.